The minimum atomic E-state index is -1.90. The summed E-state index contributed by atoms with van der Waals surface area (Å²) in [6, 6.07) is 0.133. The predicted molar refractivity (Wildman–Crippen MR) is 167 cm³/mol. The highest BCUT2D eigenvalue weighted by molar-refractivity contribution is 6.12. The van der Waals surface area contributed by atoms with E-state index in [0.717, 1.165) is 6.07 Å². The van der Waals surface area contributed by atoms with Crippen molar-refractivity contribution >= 4 is 58.4 Å². The number of anilines is 2. The van der Waals surface area contributed by atoms with E-state index in [1.807, 2.05) is 0 Å². The lowest BCUT2D eigenvalue weighted by Crippen LogP contribution is -2.48. The highest BCUT2D eigenvalue weighted by Crippen LogP contribution is 2.47. The van der Waals surface area contributed by atoms with Gasteiger partial charge in [-0.05, 0) is 12.8 Å². The topological polar surface area (TPSA) is 232 Å². The van der Waals surface area contributed by atoms with Crippen LogP contribution in [-0.2, 0) is 38.1 Å². The minimum absolute atomic E-state index is 0.0549. The lowest BCUT2D eigenvalue weighted by molar-refractivity contribution is -0.169. The van der Waals surface area contributed by atoms with Gasteiger partial charge in [0.25, 0.3) is 5.56 Å². The Labute approximate surface area is 269 Å². The van der Waals surface area contributed by atoms with Gasteiger partial charge in [-0.25, -0.2) is 9.79 Å². The Kier molecular flexibility index (Phi) is 10.5. The number of esters is 3. The summed E-state index contributed by atoms with van der Waals surface area (Å²) in [5, 5.41) is 17.6. The molecule has 0 spiro atoms. The molecule has 4 heterocycles. The lowest BCUT2D eigenvalue weighted by Gasteiger charge is -2.31. The van der Waals surface area contributed by atoms with Crippen LogP contribution in [0.15, 0.2) is 22.1 Å². The first kappa shape index (κ1) is 35.2. The molecule has 0 radical (unpaired) electrons. The van der Waals surface area contributed by atoms with Crippen LogP contribution in [0.1, 0.15) is 54.7 Å². The molecule has 256 valence electrons. The molecule has 0 aromatic carbocycles. The molecular weight excluding hydrogens is 620 g/mol. The Morgan fingerprint density at radius 3 is 2.40 bits per heavy atom. The van der Waals surface area contributed by atoms with Gasteiger partial charge in [-0.15, -0.1) is 0 Å². The fourth-order valence-electron chi connectivity index (χ4n) is 4.83. The molecule has 5 unspecified atom stereocenters. The van der Waals surface area contributed by atoms with E-state index in [9.17, 15) is 29.1 Å². The number of hydrogen-bond donors (Lipinski definition) is 4. The van der Waals surface area contributed by atoms with E-state index in [2.05, 4.69) is 20.6 Å². The number of nitrogens with two attached hydrogens (primary N) is 1. The molecule has 5 atom stereocenters. The highest BCUT2D eigenvalue weighted by Gasteiger charge is 2.57. The quantitative estimate of drug-likeness (QED) is 0.153. The summed E-state index contributed by atoms with van der Waals surface area (Å²) in [5.41, 5.74) is 3.06. The maximum Gasteiger partial charge on any atom is 0.414 e. The fourth-order valence-corrected chi connectivity index (χ4v) is 4.83. The summed E-state index contributed by atoms with van der Waals surface area (Å²) in [5.74, 6) is -2.80. The van der Waals surface area contributed by atoms with Crippen molar-refractivity contribution in [2.45, 2.75) is 78.5 Å². The number of rotatable bonds is 11. The summed E-state index contributed by atoms with van der Waals surface area (Å²) in [4.78, 5) is 70.7. The maximum absolute atomic E-state index is 12.7. The average molecular weight is 661 g/mol. The van der Waals surface area contributed by atoms with Gasteiger partial charge < -0.3 is 44.4 Å². The number of ether oxygens (including phenoxy) is 5. The van der Waals surface area contributed by atoms with E-state index in [1.165, 1.54) is 24.0 Å². The molecule has 0 saturated carbocycles. The summed E-state index contributed by atoms with van der Waals surface area (Å²) in [6.45, 7) is 10.4. The number of hydrogen-bond acceptors (Lipinski definition) is 15. The van der Waals surface area contributed by atoms with Crippen molar-refractivity contribution in [1.82, 2.24) is 9.55 Å². The molecule has 1 amide bonds. The number of carbonyl (C=O) groups is 4. The standard InChI is InChI=1S/C30H40N6O11/c1-13(2)21(31)27(40)44-12-45-29(41)34-17-8-19(37)35-23-20-16(17)9-36(24(20)33-11-32-23)28-30(7,42)22(47-26(39)15(5)6)18(46-28)10-43-25(38)14(3)4/h8-9,11,13-15,18,21-22,28,42H,10,12,31H2,1-7H3,(H,34,41)(H,32,33,35,37). The number of aromatic nitrogens is 2. The normalized spacial score (nSPS) is 22.3. The highest BCUT2D eigenvalue weighted by atomic mass is 16.7. The van der Waals surface area contributed by atoms with Crippen molar-refractivity contribution in [2.75, 3.05) is 24.0 Å². The molecule has 5 N–H and O–H groups in total. The third-order valence-electron chi connectivity index (χ3n) is 7.57. The first-order chi connectivity index (χ1) is 22.0. The van der Waals surface area contributed by atoms with Gasteiger partial charge >= 0.3 is 24.0 Å². The number of amides is 1. The van der Waals surface area contributed by atoms with Crippen molar-refractivity contribution in [2.24, 2.45) is 28.5 Å². The smallest absolute Gasteiger partial charge is 0.414 e. The van der Waals surface area contributed by atoms with Crippen molar-refractivity contribution in [3.8, 4) is 0 Å². The van der Waals surface area contributed by atoms with Crippen molar-refractivity contribution in [3.63, 3.8) is 0 Å². The first-order valence-electron chi connectivity index (χ1n) is 15.0. The van der Waals surface area contributed by atoms with Crippen molar-refractivity contribution in [3.05, 3.63) is 22.6 Å². The molecular formula is C30H40N6O11. The third-order valence-corrected chi connectivity index (χ3v) is 7.57. The predicted octanol–water partition coefficient (Wildman–Crippen LogP) is 1.93. The van der Waals surface area contributed by atoms with Crippen LogP contribution in [0.2, 0.25) is 0 Å². The number of aliphatic imine (C=N–C) groups is 1. The summed E-state index contributed by atoms with van der Waals surface area (Å²) in [7, 11) is 0. The van der Waals surface area contributed by atoms with Crippen LogP contribution in [0.25, 0.3) is 10.8 Å². The zero-order valence-corrected chi connectivity index (χ0v) is 27.1. The van der Waals surface area contributed by atoms with E-state index in [0.29, 0.717) is 0 Å². The summed E-state index contributed by atoms with van der Waals surface area (Å²) in [6.07, 6.45) is -1.96. The molecule has 4 rings (SSSR count). The number of aliphatic hydroxyl groups is 1. The van der Waals surface area contributed by atoms with Crippen LogP contribution >= 0.6 is 0 Å². The van der Waals surface area contributed by atoms with Gasteiger partial charge in [-0.1, -0.05) is 41.5 Å². The van der Waals surface area contributed by atoms with Crippen LogP contribution in [0.4, 0.5) is 22.1 Å². The van der Waals surface area contributed by atoms with Gasteiger partial charge in [0.1, 0.15) is 36.0 Å². The Balaban J connectivity index is 1.70. The number of nitrogens with zero attached hydrogens (tertiary/aromatic N) is 3. The molecule has 2 aliphatic heterocycles. The van der Waals surface area contributed by atoms with Gasteiger partial charge in [-0.3, -0.25) is 24.5 Å². The van der Waals surface area contributed by atoms with E-state index in [-0.39, 0.29) is 40.6 Å². The molecule has 47 heavy (non-hydrogen) atoms. The summed E-state index contributed by atoms with van der Waals surface area (Å²) < 4.78 is 28.6. The fraction of sp³-hybridized carbons (Fsp3) is 0.567. The molecule has 2 aromatic heterocycles. The Bertz CT molecular complexity index is 1630. The van der Waals surface area contributed by atoms with Crippen LogP contribution < -0.4 is 21.9 Å². The molecule has 17 heteroatoms. The SMILES string of the molecule is CC(C)C(=O)OCC1OC(n2cc3c(NC(=O)OCOC(=O)C(N)C(C)C)cc(=O)nc4c3c2N=CN4)C(C)(O)C1OC(=O)C(C)C. The Hall–Kier alpha value is -4.61. The monoisotopic (exact) mass is 660 g/mol. The first-order valence-corrected chi connectivity index (χ1v) is 15.0. The molecule has 0 bridgehead atoms. The van der Waals surface area contributed by atoms with Gasteiger partial charge in [0, 0.05) is 17.6 Å². The van der Waals surface area contributed by atoms with E-state index in [4.69, 9.17) is 29.4 Å². The second kappa shape index (κ2) is 14.0. The lowest BCUT2D eigenvalue weighted by atomic mass is 9.96. The largest absolute Gasteiger partial charge is 0.463 e. The van der Waals surface area contributed by atoms with Gasteiger partial charge in [0.15, 0.2) is 12.3 Å². The second-order valence-electron chi connectivity index (χ2n) is 12.4. The Morgan fingerprint density at radius 2 is 1.77 bits per heavy atom. The minimum Gasteiger partial charge on any atom is -0.463 e. The van der Waals surface area contributed by atoms with Crippen LogP contribution in [0, 0.1) is 17.8 Å². The van der Waals surface area contributed by atoms with Crippen LogP contribution in [0.3, 0.4) is 0 Å². The van der Waals surface area contributed by atoms with Gasteiger partial charge in [0.2, 0.25) is 6.79 Å². The van der Waals surface area contributed by atoms with Gasteiger partial charge in [-0.2, -0.15) is 4.98 Å². The number of carbonyl (C=O) groups excluding carboxylic acids is 4. The van der Waals surface area contributed by atoms with Crippen LogP contribution in [-0.4, -0.2) is 82.2 Å². The molecule has 1 saturated heterocycles. The average Bonchev–Trinajstić information content (AvgIpc) is 3.44. The van der Waals surface area contributed by atoms with Gasteiger partial charge in [0.05, 0.1) is 29.2 Å². The van der Waals surface area contributed by atoms with E-state index in [1.54, 1.807) is 41.5 Å². The van der Waals surface area contributed by atoms with Crippen LogP contribution in [0.5, 0.6) is 0 Å². The molecule has 0 aliphatic carbocycles. The van der Waals surface area contributed by atoms with Crippen molar-refractivity contribution < 1.29 is 48.0 Å². The van der Waals surface area contributed by atoms with E-state index < -0.39 is 78.3 Å². The zero-order valence-electron chi connectivity index (χ0n) is 27.1. The molecule has 2 aromatic rings. The zero-order chi connectivity index (χ0) is 34.8. The summed E-state index contributed by atoms with van der Waals surface area (Å²) >= 11 is 0. The third kappa shape index (κ3) is 7.52. The molecule has 2 aliphatic rings. The van der Waals surface area contributed by atoms with E-state index >= 15 is 0 Å². The maximum atomic E-state index is 12.7. The second-order valence-corrected chi connectivity index (χ2v) is 12.4. The Morgan fingerprint density at radius 1 is 1.09 bits per heavy atom. The van der Waals surface area contributed by atoms with Crippen molar-refractivity contribution in [1.29, 1.82) is 0 Å². The molecule has 17 nitrogen and oxygen atoms in total. The number of nitrogens with one attached hydrogen (secondary N) is 2. The molecule has 1 fully saturated rings.